The van der Waals surface area contributed by atoms with Crippen molar-refractivity contribution in [3.63, 3.8) is 0 Å². The van der Waals surface area contributed by atoms with Gasteiger partial charge in [0.25, 0.3) is 0 Å². The Balaban J connectivity index is 1.78. The first-order valence-electron chi connectivity index (χ1n) is 6.35. The molecule has 0 saturated carbocycles. The van der Waals surface area contributed by atoms with Gasteiger partial charge in [-0.1, -0.05) is 30.3 Å². The predicted octanol–water partition coefficient (Wildman–Crippen LogP) is 4.12. The Bertz CT molecular complexity index is 828. The van der Waals surface area contributed by atoms with Crippen LogP contribution < -0.4 is 0 Å². The van der Waals surface area contributed by atoms with Crippen LogP contribution in [0.1, 0.15) is 0 Å². The van der Waals surface area contributed by atoms with E-state index < -0.39 is 0 Å². The first-order chi connectivity index (χ1) is 9.90. The van der Waals surface area contributed by atoms with Gasteiger partial charge in [0.1, 0.15) is 5.69 Å². The fourth-order valence-electron chi connectivity index (χ4n) is 2.20. The van der Waals surface area contributed by atoms with Crippen molar-refractivity contribution in [3.05, 3.63) is 66.3 Å². The van der Waals surface area contributed by atoms with Crippen molar-refractivity contribution in [2.75, 3.05) is 0 Å². The van der Waals surface area contributed by atoms with E-state index >= 15 is 0 Å². The third-order valence-corrected chi connectivity index (χ3v) is 4.15. The van der Waals surface area contributed by atoms with Gasteiger partial charge in [-0.05, 0) is 28.6 Å². The lowest BCUT2D eigenvalue weighted by atomic mass is 10.1. The van der Waals surface area contributed by atoms with Crippen molar-refractivity contribution in [2.24, 2.45) is 0 Å². The second kappa shape index (κ2) is 4.58. The molecule has 96 valence electrons. The van der Waals surface area contributed by atoms with Gasteiger partial charge < -0.3 is 0 Å². The fraction of sp³-hybridized carbons (Fsp3) is 0. The molecular formula is C16H11N3S. The van der Waals surface area contributed by atoms with Crippen LogP contribution in [0.3, 0.4) is 0 Å². The Hall–Kier alpha value is -2.46. The zero-order valence-electron chi connectivity index (χ0n) is 10.6. The summed E-state index contributed by atoms with van der Waals surface area (Å²) in [6, 6.07) is 16.5. The van der Waals surface area contributed by atoms with Gasteiger partial charge in [0, 0.05) is 18.5 Å². The maximum Gasteiger partial charge on any atom is 0.155 e. The molecule has 0 fully saturated rings. The van der Waals surface area contributed by atoms with Crippen molar-refractivity contribution in [3.8, 4) is 21.7 Å². The topological polar surface area (TPSA) is 30.2 Å². The smallest absolute Gasteiger partial charge is 0.155 e. The lowest BCUT2D eigenvalue weighted by Gasteiger charge is -1.94. The minimum Gasteiger partial charge on any atom is -0.237 e. The number of aromatic nitrogens is 3. The summed E-state index contributed by atoms with van der Waals surface area (Å²) in [5, 5.41) is 6.72. The second-order valence-electron chi connectivity index (χ2n) is 4.52. The van der Waals surface area contributed by atoms with E-state index in [4.69, 9.17) is 0 Å². The quantitative estimate of drug-likeness (QED) is 0.551. The molecule has 0 bridgehead atoms. The number of rotatable bonds is 2. The molecule has 0 atom stereocenters. The summed E-state index contributed by atoms with van der Waals surface area (Å²) in [7, 11) is 0. The van der Waals surface area contributed by atoms with Crippen molar-refractivity contribution in [1.82, 2.24) is 14.6 Å². The summed E-state index contributed by atoms with van der Waals surface area (Å²) in [6.07, 6.45) is 3.70. The van der Waals surface area contributed by atoms with Gasteiger partial charge in [0.2, 0.25) is 0 Å². The lowest BCUT2D eigenvalue weighted by molar-refractivity contribution is 0.944. The third-order valence-electron chi connectivity index (χ3n) is 3.20. The first-order valence-corrected chi connectivity index (χ1v) is 7.23. The van der Waals surface area contributed by atoms with Crippen molar-refractivity contribution in [2.45, 2.75) is 0 Å². The highest BCUT2D eigenvalue weighted by molar-refractivity contribution is 7.14. The van der Waals surface area contributed by atoms with Crippen LogP contribution in [-0.2, 0) is 0 Å². The number of fused-ring (bicyclic) bond motifs is 1. The van der Waals surface area contributed by atoms with E-state index in [2.05, 4.69) is 45.8 Å². The van der Waals surface area contributed by atoms with Crippen LogP contribution in [0.15, 0.2) is 66.3 Å². The van der Waals surface area contributed by atoms with Gasteiger partial charge in [0.15, 0.2) is 5.65 Å². The van der Waals surface area contributed by atoms with Crippen molar-refractivity contribution in [1.29, 1.82) is 0 Å². The maximum absolute atomic E-state index is 4.55. The predicted molar refractivity (Wildman–Crippen MR) is 81.7 cm³/mol. The third kappa shape index (κ3) is 1.90. The van der Waals surface area contributed by atoms with Crippen molar-refractivity contribution >= 4 is 17.0 Å². The van der Waals surface area contributed by atoms with E-state index in [1.165, 1.54) is 11.1 Å². The Labute approximate surface area is 120 Å². The number of nitrogens with zero attached hydrogens (tertiary/aromatic N) is 3. The zero-order chi connectivity index (χ0) is 13.4. The summed E-state index contributed by atoms with van der Waals surface area (Å²) in [6.45, 7) is 0. The molecule has 0 amide bonds. The lowest BCUT2D eigenvalue weighted by Crippen LogP contribution is -1.86. The molecule has 0 radical (unpaired) electrons. The molecule has 20 heavy (non-hydrogen) atoms. The van der Waals surface area contributed by atoms with E-state index in [1.807, 2.05) is 24.4 Å². The highest BCUT2D eigenvalue weighted by atomic mass is 32.1. The second-order valence-corrected chi connectivity index (χ2v) is 5.43. The van der Waals surface area contributed by atoms with E-state index in [9.17, 15) is 0 Å². The number of hydrogen-bond donors (Lipinski definition) is 0. The molecule has 3 nitrogen and oxygen atoms in total. The van der Waals surface area contributed by atoms with Crippen LogP contribution in [0.25, 0.3) is 27.3 Å². The maximum atomic E-state index is 4.55. The van der Waals surface area contributed by atoms with Gasteiger partial charge in [-0.2, -0.15) is 5.10 Å². The summed E-state index contributed by atoms with van der Waals surface area (Å²) in [4.78, 5) is 5.46. The molecule has 4 rings (SSSR count). The molecule has 0 aliphatic carbocycles. The van der Waals surface area contributed by atoms with E-state index in [0.717, 1.165) is 16.2 Å². The largest absolute Gasteiger partial charge is 0.237 e. The van der Waals surface area contributed by atoms with Crippen LogP contribution in [0.2, 0.25) is 0 Å². The van der Waals surface area contributed by atoms with Gasteiger partial charge in [-0.15, -0.1) is 11.3 Å². The minimum absolute atomic E-state index is 0.872. The Morgan fingerprint density at radius 2 is 1.85 bits per heavy atom. The fourth-order valence-corrected chi connectivity index (χ4v) is 3.08. The summed E-state index contributed by atoms with van der Waals surface area (Å²) in [5.74, 6) is 0. The average molecular weight is 277 g/mol. The summed E-state index contributed by atoms with van der Waals surface area (Å²) >= 11 is 1.71. The molecule has 0 aliphatic rings. The Kier molecular flexibility index (Phi) is 2.60. The molecule has 3 heterocycles. The van der Waals surface area contributed by atoms with Crippen LogP contribution in [0.5, 0.6) is 0 Å². The molecule has 0 N–H and O–H groups in total. The summed E-state index contributed by atoms with van der Waals surface area (Å²) in [5.41, 5.74) is 4.31. The molecule has 3 aromatic heterocycles. The van der Waals surface area contributed by atoms with Gasteiger partial charge in [-0.25, -0.2) is 9.50 Å². The van der Waals surface area contributed by atoms with Gasteiger partial charge >= 0.3 is 0 Å². The van der Waals surface area contributed by atoms with Crippen LogP contribution >= 0.6 is 11.3 Å². The van der Waals surface area contributed by atoms with Crippen LogP contribution in [-0.4, -0.2) is 14.6 Å². The number of thiophene rings is 1. The normalized spacial score (nSPS) is 11.0. The number of hydrogen-bond acceptors (Lipinski definition) is 3. The van der Waals surface area contributed by atoms with Gasteiger partial charge in [0.05, 0.1) is 4.88 Å². The molecule has 0 saturated heterocycles. The molecule has 0 spiro atoms. The van der Waals surface area contributed by atoms with Gasteiger partial charge in [-0.3, -0.25) is 0 Å². The Morgan fingerprint density at radius 1 is 0.950 bits per heavy atom. The minimum atomic E-state index is 0.872. The SMILES string of the molecule is c1ccc(-c2csc(-c3cc4ncccn4n3)c2)cc1. The van der Waals surface area contributed by atoms with E-state index in [-0.39, 0.29) is 0 Å². The highest BCUT2D eigenvalue weighted by Crippen LogP contribution is 2.32. The number of benzene rings is 1. The molecule has 0 aliphatic heterocycles. The molecule has 1 aromatic carbocycles. The monoisotopic (exact) mass is 277 g/mol. The highest BCUT2D eigenvalue weighted by Gasteiger charge is 2.08. The molecule has 0 unspecified atom stereocenters. The molecule has 4 aromatic rings. The standard InChI is InChI=1S/C16H11N3S/c1-2-5-12(6-3-1)13-9-15(20-11-13)14-10-16-17-7-4-8-19(16)18-14/h1-11H. The van der Waals surface area contributed by atoms with Crippen LogP contribution in [0.4, 0.5) is 0 Å². The summed E-state index contributed by atoms with van der Waals surface area (Å²) < 4.78 is 1.80. The first kappa shape index (κ1) is 11.4. The van der Waals surface area contributed by atoms with E-state index in [0.29, 0.717) is 0 Å². The van der Waals surface area contributed by atoms with Crippen LogP contribution in [0, 0.1) is 0 Å². The molecular weight excluding hydrogens is 266 g/mol. The molecule has 4 heteroatoms. The van der Waals surface area contributed by atoms with E-state index in [1.54, 1.807) is 22.0 Å². The van der Waals surface area contributed by atoms with Crippen molar-refractivity contribution < 1.29 is 0 Å². The zero-order valence-corrected chi connectivity index (χ0v) is 11.4. The average Bonchev–Trinajstić information content (AvgIpc) is 3.14. The Morgan fingerprint density at radius 3 is 2.70 bits per heavy atom.